The van der Waals surface area contributed by atoms with Crippen LogP contribution in [0.3, 0.4) is 0 Å². The molecule has 21 heavy (non-hydrogen) atoms. The van der Waals surface area contributed by atoms with Crippen molar-refractivity contribution in [3.63, 3.8) is 0 Å². The summed E-state index contributed by atoms with van der Waals surface area (Å²) in [6, 6.07) is 13.7. The number of rotatable bonds is 4. The third-order valence-electron chi connectivity index (χ3n) is 3.65. The Bertz CT molecular complexity index is 749. The predicted molar refractivity (Wildman–Crippen MR) is 84.3 cm³/mol. The summed E-state index contributed by atoms with van der Waals surface area (Å²) in [5, 5.41) is 1.19. The van der Waals surface area contributed by atoms with Gasteiger partial charge in [0.05, 0.1) is 0 Å². The Kier molecular flexibility index (Phi) is 3.69. The van der Waals surface area contributed by atoms with Crippen LogP contribution in [-0.2, 0) is 11.2 Å². The van der Waals surface area contributed by atoms with Crippen LogP contribution in [0.15, 0.2) is 54.9 Å². The Morgan fingerprint density at radius 2 is 2.00 bits per heavy atom. The van der Waals surface area contributed by atoms with Crippen LogP contribution in [0, 0.1) is 0 Å². The normalized spacial score (nSPS) is 10.7. The van der Waals surface area contributed by atoms with E-state index in [2.05, 4.69) is 16.0 Å². The lowest BCUT2D eigenvalue weighted by molar-refractivity contribution is -0.118. The number of carbonyl (C=O) groups is 1. The molecule has 4 heteroatoms. The van der Waals surface area contributed by atoms with E-state index in [0.717, 1.165) is 11.9 Å². The SMILES string of the molecule is CN(C(=O)CCc1c[nH]c2ccccc12)c1ccccn1. The second kappa shape index (κ2) is 5.79. The summed E-state index contributed by atoms with van der Waals surface area (Å²) in [7, 11) is 1.76. The van der Waals surface area contributed by atoms with Crippen LogP contribution in [0.5, 0.6) is 0 Å². The molecular formula is C17H17N3O. The molecule has 1 aromatic carbocycles. The number of pyridine rings is 1. The fraction of sp³-hybridized carbons (Fsp3) is 0.176. The molecule has 1 N–H and O–H groups in total. The van der Waals surface area contributed by atoms with Gasteiger partial charge in [-0.05, 0) is 30.2 Å². The quantitative estimate of drug-likeness (QED) is 0.797. The summed E-state index contributed by atoms with van der Waals surface area (Å²) in [5.41, 5.74) is 2.28. The number of hydrogen-bond donors (Lipinski definition) is 1. The van der Waals surface area contributed by atoms with Gasteiger partial charge in [0.1, 0.15) is 5.82 Å². The highest BCUT2D eigenvalue weighted by atomic mass is 16.2. The molecule has 3 aromatic rings. The lowest BCUT2D eigenvalue weighted by atomic mass is 10.1. The van der Waals surface area contributed by atoms with E-state index in [4.69, 9.17) is 0 Å². The number of carbonyl (C=O) groups excluding carboxylic acids is 1. The van der Waals surface area contributed by atoms with E-state index in [1.165, 1.54) is 10.9 Å². The smallest absolute Gasteiger partial charge is 0.228 e. The van der Waals surface area contributed by atoms with Gasteiger partial charge in [-0.25, -0.2) is 4.98 Å². The first-order valence-corrected chi connectivity index (χ1v) is 6.98. The molecule has 0 radical (unpaired) electrons. The van der Waals surface area contributed by atoms with Crippen LogP contribution in [0.25, 0.3) is 10.9 Å². The first-order valence-electron chi connectivity index (χ1n) is 6.98. The maximum atomic E-state index is 12.3. The maximum absolute atomic E-state index is 12.3. The minimum atomic E-state index is 0.0685. The van der Waals surface area contributed by atoms with Crippen LogP contribution >= 0.6 is 0 Å². The largest absolute Gasteiger partial charge is 0.361 e. The van der Waals surface area contributed by atoms with Gasteiger partial charge in [0.25, 0.3) is 0 Å². The second-order valence-corrected chi connectivity index (χ2v) is 5.00. The van der Waals surface area contributed by atoms with Gasteiger partial charge in [0, 0.05) is 36.8 Å². The van der Waals surface area contributed by atoms with Crippen molar-refractivity contribution < 1.29 is 4.79 Å². The zero-order valence-electron chi connectivity index (χ0n) is 11.9. The number of aromatic amines is 1. The summed E-state index contributed by atoms with van der Waals surface area (Å²) >= 11 is 0. The van der Waals surface area contributed by atoms with Gasteiger partial charge >= 0.3 is 0 Å². The Morgan fingerprint density at radius 1 is 1.19 bits per heavy atom. The molecule has 0 aliphatic heterocycles. The topological polar surface area (TPSA) is 49.0 Å². The van der Waals surface area contributed by atoms with Gasteiger partial charge in [0.15, 0.2) is 0 Å². The summed E-state index contributed by atoms with van der Waals surface area (Å²) in [5.74, 6) is 0.750. The monoisotopic (exact) mass is 279 g/mol. The van der Waals surface area contributed by atoms with E-state index in [1.807, 2.05) is 42.6 Å². The second-order valence-electron chi connectivity index (χ2n) is 5.00. The van der Waals surface area contributed by atoms with Crippen LogP contribution in [0.1, 0.15) is 12.0 Å². The Hall–Kier alpha value is -2.62. The van der Waals surface area contributed by atoms with Crippen molar-refractivity contribution >= 4 is 22.6 Å². The van der Waals surface area contributed by atoms with Gasteiger partial charge in [0.2, 0.25) is 5.91 Å². The standard InChI is InChI=1S/C17H17N3O/c1-20(16-8-4-5-11-18-16)17(21)10-9-13-12-19-15-7-3-2-6-14(13)15/h2-8,11-12,19H,9-10H2,1H3. The number of hydrogen-bond acceptors (Lipinski definition) is 2. The molecule has 0 saturated heterocycles. The highest BCUT2D eigenvalue weighted by molar-refractivity contribution is 5.92. The van der Waals surface area contributed by atoms with Crippen molar-refractivity contribution in [3.05, 3.63) is 60.4 Å². The molecule has 3 rings (SSSR count). The first kappa shape index (κ1) is 13.4. The van der Waals surface area contributed by atoms with Crippen molar-refractivity contribution in [2.45, 2.75) is 12.8 Å². The molecule has 0 bridgehead atoms. The first-order chi connectivity index (χ1) is 10.3. The Labute approximate surface area is 123 Å². The number of para-hydroxylation sites is 1. The molecule has 2 heterocycles. The third-order valence-corrected chi connectivity index (χ3v) is 3.65. The van der Waals surface area contributed by atoms with Crippen LogP contribution in [0.4, 0.5) is 5.82 Å². The summed E-state index contributed by atoms with van der Waals surface area (Å²) in [6.07, 6.45) is 4.87. The van der Waals surface area contributed by atoms with Gasteiger partial charge < -0.3 is 4.98 Å². The molecular weight excluding hydrogens is 262 g/mol. The number of benzene rings is 1. The average Bonchev–Trinajstić information content (AvgIpc) is 2.96. The molecule has 0 atom stereocenters. The van der Waals surface area contributed by atoms with Gasteiger partial charge in [-0.3, -0.25) is 9.69 Å². The van der Waals surface area contributed by atoms with E-state index < -0.39 is 0 Å². The molecule has 1 amide bonds. The number of fused-ring (bicyclic) bond motifs is 1. The third kappa shape index (κ3) is 2.79. The van der Waals surface area contributed by atoms with Crippen molar-refractivity contribution in [3.8, 4) is 0 Å². The maximum Gasteiger partial charge on any atom is 0.228 e. The molecule has 0 aliphatic rings. The van der Waals surface area contributed by atoms with E-state index in [-0.39, 0.29) is 5.91 Å². The zero-order valence-corrected chi connectivity index (χ0v) is 11.9. The fourth-order valence-electron chi connectivity index (χ4n) is 2.43. The molecule has 2 aromatic heterocycles. The molecule has 0 spiro atoms. The molecule has 106 valence electrons. The lowest BCUT2D eigenvalue weighted by Crippen LogP contribution is -2.27. The highest BCUT2D eigenvalue weighted by Gasteiger charge is 2.12. The van der Waals surface area contributed by atoms with Gasteiger partial charge in [-0.1, -0.05) is 24.3 Å². The summed E-state index contributed by atoms with van der Waals surface area (Å²) < 4.78 is 0. The summed E-state index contributed by atoms with van der Waals surface area (Å²) in [4.78, 5) is 21.3. The van der Waals surface area contributed by atoms with Crippen molar-refractivity contribution in [2.24, 2.45) is 0 Å². The zero-order chi connectivity index (χ0) is 14.7. The minimum absolute atomic E-state index is 0.0685. The molecule has 4 nitrogen and oxygen atoms in total. The number of nitrogens with one attached hydrogen (secondary N) is 1. The predicted octanol–water partition coefficient (Wildman–Crippen LogP) is 3.16. The van der Waals surface area contributed by atoms with Gasteiger partial charge in [-0.2, -0.15) is 0 Å². The number of aromatic nitrogens is 2. The number of nitrogens with zero attached hydrogens (tertiary/aromatic N) is 2. The van der Waals surface area contributed by atoms with E-state index in [0.29, 0.717) is 12.2 Å². The average molecular weight is 279 g/mol. The number of amides is 1. The van der Waals surface area contributed by atoms with E-state index in [1.54, 1.807) is 18.1 Å². The molecule has 0 aliphatic carbocycles. The van der Waals surface area contributed by atoms with Crippen molar-refractivity contribution in [2.75, 3.05) is 11.9 Å². The van der Waals surface area contributed by atoms with Crippen molar-refractivity contribution in [1.29, 1.82) is 0 Å². The van der Waals surface area contributed by atoms with Crippen LogP contribution < -0.4 is 4.90 Å². The number of anilines is 1. The minimum Gasteiger partial charge on any atom is -0.361 e. The lowest BCUT2D eigenvalue weighted by Gasteiger charge is -2.15. The van der Waals surface area contributed by atoms with Crippen LogP contribution in [0.2, 0.25) is 0 Å². The summed E-state index contributed by atoms with van der Waals surface area (Å²) in [6.45, 7) is 0. The Balaban J connectivity index is 1.69. The highest BCUT2D eigenvalue weighted by Crippen LogP contribution is 2.19. The van der Waals surface area contributed by atoms with Crippen molar-refractivity contribution in [1.82, 2.24) is 9.97 Å². The molecule has 0 saturated carbocycles. The number of H-pyrrole nitrogens is 1. The molecule has 0 fully saturated rings. The van der Waals surface area contributed by atoms with E-state index in [9.17, 15) is 4.79 Å². The fourth-order valence-corrected chi connectivity index (χ4v) is 2.43. The number of aryl methyl sites for hydroxylation is 1. The Morgan fingerprint density at radius 3 is 2.81 bits per heavy atom. The van der Waals surface area contributed by atoms with Gasteiger partial charge in [-0.15, -0.1) is 0 Å². The van der Waals surface area contributed by atoms with Crippen LogP contribution in [-0.4, -0.2) is 22.9 Å². The van der Waals surface area contributed by atoms with E-state index >= 15 is 0 Å². The molecule has 0 unspecified atom stereocenters.